The number of nitrogens with one attached hydrogen (secondary N) is 1. The molecule has 1 saturated heterocycles. The van der Waals surface area contributed by atoms with E-state index in [4.69, 9.17) is 9.31 Å². The highest BCUT2D eigenvalue weighted by atomic mass is 16.7. The molecule has 1 aliphatic heterocycles. The van der Waals surface area contributed by atoms with Crippen LogP contribution >= 0.6 is 0 Å². The van der Waals surface area contributed by atoms with Gasteiger partial charge in [0.2, 0.25) is 0 Å². The van der Waals surface area contributed by atoms with Gasteiger partial charge < -0.3 is 14.6 Å². The lowest BCUT2D eigenvalue weighted by Crippen LogP contribution is -2.41. The lowest BCUT2D eigenvalue weighted by molar-refractivity contribution is 0.00578. The van der Waals surface area contributed by atoms with Crippen LogP contribution in [0.25, 0.3) is 21.9 Å². The van der Waals surface area contributed by atoms with Crippen LogP contribution in [0.15, 0.2) is 91.0 Å². The summed E-state index contributed by atoms with van der Waals surface area (Å²) in [6.07, 6.45) is 0. The molecule has 0 radical (unpaired) electrons. The van der Waals surface area contributed by atoms with Gasteiger partial charge in [0, 0.05) is 11.4 Å². The lowest BCUT2D eigenvalue weighted by atomic mass is 9.79. The molecule has 0 aliphatic carbocycles. The van der Waals surface area contributed by atoms with Gasteiger partial charge in [-0.25, -0.2) is 0 Å². The smallest absolute Gasteiger partial charge is 0.399 e. The molecule has 0 atom stereocenters. The van der Waals surface area contributed by atoms with Gasteiger partial charge in [-0.2, -0.15) is 0 Å². The van der Waals surface area contributed by atoms with Crippen LogP contribution in [-0.2, 0) is 9.31 Å². The third-order valence-electron chi connectivity index (χ3n) is 6.69. The van der Waals surface area contributed by atoms with Gasteiger partial charge in [0.15, 0.2) is 0 Å². The minimum atomic E-state index is -0.338. The quantitative estimate of drug-likeness (QED) is 0.379. The van der Waals surface area contributed by atoms with Gasteiger partial charge in [-0.3, -0.25) is 0 Å². The fourth-order valence-corrected chi connectivity index (χ4v) is 3.98. The Morgan fingerprint density at radius 1 is 0.594 bits per heavy atom. The van der Waals surface area contributed by atoms with Gasteiger partial charge in [-0.15, -0.1) is 0 Å². The summed E-state index contributed by atoms with van der Waals surface area (Å²) in [6, 6.07) is 31.9. The first kappa shape index (κ1) is 20.8. The second kappa shape index (κ2) is 7.81. The van der Waals surface area contributed by atoms with Gasteiger partial charge in [0.1, 0.15) is 0 Å². The van der Waals surface area contributed by atoms with E-state index in [9.17, 15) is 0 Å². The molecule has 32 heavy (non-hydrogen) atoms. The van der Waals surface area contributed by atoms with E-state index < -0.39 is 0 Å². The summed E-state index contributed by atoms with van der Waals surface area (Å²) < 4.78 is 12.3. The Hall–Kier alpha value is -3.08. The highest BCUT2D eigenvalue weighted by molar-refractivity contribution is 6.62. The summed E-state index contributed by atoms with van der Waals surface area (Å²) in [7, 11) is -0.338. The third kappa shape index (κ3) is 3.92. The average molecular weight is 421 g/mol. The van der Waals surface area contributed by atoms with Gasteiger partial charge >= 0.3 is 7.12 Å². The fraction of sp³-hybridized carbons (Fsp3) is 0.214. The van der Waals surface area contributed by atoms with E-state index >= 15 is 0 Å². The molecule has 1 N–H and O–H groups in total. The number of anilines is 2. The molecule has 3 nitrogen and oxygen atoms in total. The largest absolute Gasteiger partial charge is 0.494 e. The predicted octanol–water partition coefficient (Wildman–Crippen LogP) is 6.55. The van der Waals surface area contributed by atoms with Gasteiger partial charge in [0.05, 0.1) is 11.2 Å². The molecule has 0 aromatic heterocycles. The van der Waals surface area contributed by atoms with Crippen molar-refractivity contribution in [3.05, 3.63) is 91.0 Å². The maximum absolute atomic E-state index is 6.15. The maximum atomic E-state index is 6.15. The molecule has 1 fully saturated rings. The van der Waals surface area contributed by atoms with E-state index in [2.05, 4.69) is 124 Å². The molecule has 0 unspecified atom stereocenters. The molecule has 0 amide bonds. The van der Waals surface area contributed by atoms with Crippen LogP contribution in [0.3, 0.4) is 0 Å². The van der Waals surface area contributed by atoms with Crippen molar-refractivity contribution >= 4 is 34.7 Å². The van der Waals surface area contributed by atoms with Gasteiger partial charge in [-0.05, 0) is 85.4 Å². The second-order valence-electron chi connectivity index (χ2n) is 9.47. The van der Waals surface area contributed by atoms with Crippen LogP contribution in [0.5, 0.6) is 0 Å². The van der Waals surface area contributed by atoms with Crippen molar-refractivity contribution in [2.24, 2.45) is 0 Å². The van der Waals surface area contributed by atoms with Crippen molar-refractivity contribution in [3.8, 4) is 11.1 Å². The number of hydrogen-bond donors (Lipinski definition) is 1. The van der Waals surface area contributed by atoms with Crippen LogP contribution in [0.1, 0.15) is 27.7 Å². The van der Waals surface area contributed by atoms with E-state index in [-0.39, 0.29) is 18.3 Å². The Morgan fingerprint density at radius 3 is 1.75 bits per heavy atom. The van der Waals surface area contributed by atoms with Gasteiger partial charge in [-0.1, -0.05) is 60.7 Å². The molecule has 1 aliphatic rings. The lowest BCUT2D eigenvalue weighted by Gasteiger charge is -2.32. The fourth-order valence-electron chi connectivity index (χ4n) is 3.98. The normalized spacial score (nSPS) is 16.9. The van der Waals surface area contributed by atoms with Crippen molar-refractivity contribution in [1.82, 2.24) is 0 Å². The van der Waals surface area contributed by atoms with E-state index in [0.29, 0.717) is 0 Å². The number of rotatable bonds is 4. The van der Waals surface area contributed by atoms with E-state index in [1.165, 1.54) is 21.9 Å². The highest BCUT2D eigenvalue weighted by Crippen LogP contribution is 2.36. The minimum Gasteiger partial charge on any atom is -0.399 e. The van der Waals surface area contributed by atoms with E-state index in [1.807, 2.05) is 0 Å². The molecule has 4 aromatic carbocycles. The zero-order valence-corrected chi connectivity index (χ0v) is 19.1. The molecule has 5 rings (SSSR count). The van der Waals surface area contributed by atoms with Crippen LogP contribution in [0, 0.1) is 0 Å². The molecule has 0 spiro atoms. The molecule has 1 heterocycles. The molecule has 4 heteroatoms. The summed E-state index contributed by atoms with van der Waals surface area (Å²) in [5.41, 5.74) is 4.88. The predicted molar refractivity (Wildman–Crippen MR) is 135 cm³/mol. The minimum absolute atomic E-state index is 0.332. The second-order valence-corrected chi connectivity index (χ2v) is 9.47. The van der Waals surface area contributed by atoms with Crippen LogP contribution in [-0.4, -0.2) is 18.3 Å². The molecule has 160 valence electrons. The van der Waals surface area contributed by atoms with E-state index in [0.717, 1.165) is 16.8 Å². The number of benzene rings is 4. The summed E-state index contributed by atoms with van der Waals surface area (Å²) in [6.45, 7) is 8.30. The standard InChI is InChI=1S/C28H28BNO2/c1-27(2)28(3,4)32-29(31-27)24-13-17-26(18-14-24)30-25-15-11-21(12-16-25)23-10-9-20-7-5-6-8-22(20)19-23/h5-19,30H,1-4H3. The van der Waals surface area contributed by atoms with Crippen LogP contribution < -0.4 is 10.8 Å². The Bertz CT molecular complexity index is 1230. The van der Waals surface area contributed by atoms with Crippen molar-refractivity contribution in [3.63, 3.8) is 0 Å². The number of hydrogen-bond acceptors (Lipinski definition) is 3. The monoisotopic (exact) mass is 421 g/mol. The van der Waals surface area contributed by atoms with Crippen molar-refractivity contribution < 1.29 is 9.31 Å². The summed E-state index contributed by atoms with van der Waals surface area (Å²) >= 11 is 0. The number of fused-ring (bicyclic) bond motifs is 1. The molecule has 4 aromatic rings. The topological polar surface area (TPSA) is 30.5 Å². The molecule has 0 saturated carbocycles. The molecule has 0 bridgehead atoms. The summed E-state index contributed by atoms with van der Waals surface area (Å²) in [4.78, 5) is 0. The first-order valence-corrected chi connectivity index (χ1v) is 11.1. The van der Waals surface area contributed by atoms with E-state index in [1.54, 1.807) is 0 Å². The van der Waals surface area contributed by atoms with Crippen molar-refractivity contribution in [1.29, 1.82) is 0 Å². The first-order valence-electron chi connectivity index (χ1n) is 11.1. The Morgan fingerprint density at radius 2 is 1.12 bits per heavy atom. The first-order chi connectivity index (χ1) is 15.3. The average Bonchev–Trinajstić information content (AvgIpc) is 3.01. The summed E-state index contributed by atoms with van der Waals surface area (Å²) in [5, 5.41) is 6.00. The molecular formula is C28H28BNO2. The maximum Gasteiger partial charge on any atom is 0.494 e. The SMILES string of the molecule is CC1(C)OB(c2ccc(Nc3ccc(-c4ccc5ccccc5c4)cc3)cc2)OC1(C)C. The molecular weight excluding hydrogens is 393 g/mol. The van der Waals surface area contributed by atoms with Crippen molar-refractivity contribution in [2.75, 3.05) is 5.32 Å². The summed E-state index contributed by atoms with van der Waals surface area (Å²) in [5.74, 6) is 0. The Kier molecular flexibility index (Phi) is 5.08. The van der Waals surface area contributed by atoms with Crippen LogP contribution in [0.2, 0.25) is 0 Å². The zero-order chi connectivity index (χ0) is 22.3. The van der Waals surface area contributed by atoms with Crippen molar-refractivity contribution in [2.45, 2.75) is 38.9 Å². The zero-order valence-electron chi connectivity index (χ0n) is 19.1. The Balaban J connectivity index is 1.28. The third-order valence-corrected chi connectivity index (χ3v) is 6.69. The van der Waals surface area contributed by atoms with Gasteiger partial charge in [0.25, 0.3) is 0 Å². The van der Waals surface area contributed by atoms with Crippen LogP contribution in [0.4, 0.5) is 11.4 Å². The Labute approximate surface area is 190 Å². The highest BCUT2D eigenvalue weighted by Gasteiger charge is 2.51.